The van der Waals surface area contributed by atoms with Gasteiger partial charge in [-0.2, -0.15) is 0 Å². The summed E-state index contributed by atoms with van der Waals surface area (Å²) in [5.41, 5.74) is 4.19. The highest BCUT2D eigenvalue weighted by Gasteiger charge is 2.14. The van der Waals surface area contributed by atoms with E-state index < -0.39 is 5.82 Å². The van der Waals surface area contributed by atoms with Gasteiger partial charge in [-0.05, 0) is 36.4 Å². The number of hydrogen-bond acceptors (Lipinski definition) is 7. The largest absolute Gasteiger partial charge is 0.493 e. The molecule has 6 nitrogen and oxygen atoms in total. The molecule has 2 heterocycles. The summed E-state index contributed by atoms with van der Waals surface area (Å²) in [5.74, 6) is 0.102. The van der Waals surface area contributed by atoms with Crippen molar-refractivity contribution < 1.29 is 18.7 Å². The van der Waals surface area contributed by atoms with E-state index in [0.717, 1.165) is 5.69 Å². The first-order chi connectivity index (χ1) is 15.0. The first-order valence-corrected chi connectivity index (χ1v) is 11.1. The third kappa shape index (κ3) is 5.01. The minimum Gasteiger partial charge on any atom is -0.493 e. The highest BCUT2D eigenvalue weighted by Crippen LogP contribution is 2.31. The molecule has 0 atom stereocenters. The first-order valence-electron chi connectivity index (χ1n) is 8.93. The molecule has 0 aliphatic rings. The molecule has 2 aromatic carbocycles. The summed E-state index contributed by atoms with van der Waals surface area (Å²) in [6.45, 7) is 0.306. The number of aromatic nitrogens is 2. The molecule has 0 aliphatic heterocycles. The zero-order valence-electron chi connectivity index (χ0n) is 16.1. The number of methoxy groups -OCH3 is 1. The highest BCUT2D eigenvalue weighted by molar-refractivity contribution is 7.14. The molecule has 0 radical (unpaired) electrons. The smallest absolute Gasteiger partial charge is 0.257 e. The summed E-state index contributed by atoms with van der Waals surface area (Å²) in [7, 11) is 1.51. The van der Waals surface area contributed by atoms with E-state index in [4.69, 9.17) is 21.1 Å². The van der Waals surface area contributed by atoms with Crippen LogP contribution in [0.5, 0.6) is 11.5 Å². The monoisotopic (exact) mass is 475 g/mol. The topological polar surface area (TPSA) is 73.3 Å². The van der Waals surface area contributed by atoms with E-state index in [1.54, 1.807) is 35.2 Å². The van der Waals surface area contributed by atoms with Gasteiger partial charge in [0.15, 0.2) is 16.6 Å². The van der Waals surface area contributed by atoms with Gasteiger partial charge in [0, 0.05) is 21.9 Å². The Morgan fingerprint density at radius 3 is 2.81 bits per heavy atom. The summed E-state index contributed by atoms with van der Waals surface area (Å²) in [6, 6.07) is 9.26. The number of thiazole rings is 2. The van der Waals surface area contributed by atoms with E-state index in [0.29, 0.717) is 40.1 Å². The maximum absolute atomic E-state index is 13.4. The van der Waals surface area contributed by atoms with Gasteiger partial charge in [0.1, 0.15) is 12.4 Å². The molecule has 0 saturated carbocycles. The van der Waals surface area contributed by atoms with Gasteiger partial charge in [-0.15, -0.1) is 22.7 Å². The van der Waals surface area contributed by atoms with Crippen molar-refractivity contribution in [3.63, 3.8) is 0 Å². The van der Waals surface area contributed by atoms with Gasteiger partial charge in [-0.25, -0.2) is 14.4 Å². The third-order valence-corrected chi connectivity index (χ3v) is 5.91. The number of nitrogens with zero attached hydrogens (tertiary/aromatic N) is 2. The van der Waals surface area contributed by atoms with Crippen LogP contribution < -0.4 is 14.8 Å². The number of anilines is 1. The number of halogens is 2. The first kappa shape index (κ1) is 21.2. The van der Waals surface area contributed by atoms with Crippen molar-refractivity contribution in [2.75, 3.05) is 12.4 Å². The molecule has 4 rings (SSSR count). The zero-order valence-corrected chi connectivity index (χ0v) is 18.5. The van der Waals surface area contributed by atoms with Crippen LogP contribution in [0.1, 0.15) is 16.1 Å². The Balaban J connectivity index is 1.45. The average Bonchev–Trinajstić information content (AvgIpc) is 3.46. The Morgan fingerprint density at radius 1 is 1.19 bits per heavy atom. The lowest BCUT2D eigenvalue weighted by Crippen LogP contribution is -2.12. The second-order valence-corrected chi connectivity index (χ2v) is 8.24. The van der Waals surface area contributed by atoms with Gasteiger partial charge in [0.2, 0.25) is 0 Å². The number of amides is 1. The second-order valence-electron chi connectivity index (χ2n) is 6.26. The molecule has 0 unspecified atom stereocenters. The predicted molar refractivity (Wildman–Crippen MR) is 120 cm³/mol. The minimum absolute atomic E-state index is 0.0141. The van der Waals surface area contributed by atoms with Crippen LogP contribution in [0.25, 0.3) is 11.3 Å². The number of benzene rings is 2. The lowest BCUT2D eigenvalue weighted by molar-refractivity contribution is 0.102. The number of nitrogens with one attached hydrogen (secondary N) is 1. The molecule has 0 spiro atoms. The third-order valence-electron chi connectivity index (χ3n) is 4.22. The summed E-state index contributed by atoms with van der Waals surface area (Å²) in [4.78, 5) is 21.2. The Bertz CT molecular complexity index is 1210. The van der Waals surface area contributed by atoms with Crippen LogP contribution in [-0.4, -0.2) is 23.0 Å². The molecule has 158 valence electrons. The standard InChI is InChI=1S/C21H15ClFN3O3S2/c1-28-19-7-13(3-5-18(19)29-8-14-9-30-11-24-14)20(27)26-21-25-17(10-31-21)12-2-4-16(23)15(22)6-12/h2-7,9-11H,8H2,1H3,(H,25,26,27). The van der Waals surface area contributed by atoms with Crippen LogP contribution in [0.4, 0.5) is 9.52 Å². The summed E-state index contributed by atoms with van der Waals surface area (Å²) in [5, 5.41) is 6.83. The molecule has 4 aromatic rings. The molecule has 1 amide bonds. The highest BCUT2D eigenvalue weighted by atomic mass is 35.5. The van der Waals surface area contributed by atoms with Crippen molar-refractivity contribution in [2.45, 2.75) is 6.61 Å². The van der Waals surface area contributed by atoms with Crippen LogP contribution in [0, 0.1) is 5.82 Å². The van der Waals surface area contributed by atoms with Crippen LogP contribution in [-0.2, 0) is 6.61 Å². The fraction of sp³-hybridized carbons (Fsp3) is 0.0952. The van der Waals surface area contributed by atoms with E-state index >= 15 is 0 Å². The molecule has 1 N–H and O–H groups in total. The van der Waals surface area contributed by atoms with Crippen LogP contribution >= 0.6 is 34.3 Å². The average molecular weight is 476 g/mol. The van der Waals surface area contributed by atoms with E-state index in [1.807, 2.05) is 5.38 Å². The van der Waals surface area contributed by atoms with E-state index in [2.05, 4.69) is 15.3 Å². The summed E-state index contributed by atoms with van der Waals surface area (Å²) < 4.78 is 24.5. The van der Waals surface area contributed by atoms with Crippen molar-refractivity contribution in [2.24, 2.45) is 0 Å². The number of hydrogen-bond donors (Lipinski definition) is 1. The van der Waals surface area contributed by atoms with Crippen LogP contribution in [0.3, 0.4) is 0 Å². The molecule has 0 aliphatic carbocycles. The SMILES string of the molecule is COc1cc(C(=O)Nc2nc(-c3ccc(F)c(Cl)c3)cs2)ccc1OCc1cscn1. The number of carbonyl (C=O) groups excluding carboxylic acids is 1. The minimum atomic E-state index is -0.498. The number of ether oxygens (including phenoxy) is 2. The van der Waals surface area contributed by atoms with Crippen LogP contribution in [0.15, 0.2) is 52.7 Å². The van der Waals surface area contributed by atoms with E-state index in [-0.39, 0.29) is 10.9 Å². The summed E-state index contributed by atoms with van der Waals surface area (Å²) in [6.07, 6.45) is 0. The molecular formula is C21H15ClFN3O3S2. The van der Waals surface area contributed by atoms with Gasteiger partial charge >= 0.3 is 0 Å². The quantitative estimate of drug-likeness (QED) is 0.360. The van der Waals surface area contributed by atoms with Gasteiger partial charge in [0.05, 0.1) is 29.0 Å². The van der Waals surface area contributed by atoms with Gasteiger partial charge in [-0.3, -0.25) is 10.1 Å². The normalized spacial score (nSPS) is 10.7. The van der Waals surface area contributed by atoms with E-state index in [1.165, 1.54) is 41.9 Å². The van der Waals surface area contributed by atoms with Gasteiger partial charge < -0.3 is 9.47 Å². The van der Waals surface area contributed by atoms with Crippen molar-refractivity contribution >= 4 is 45.3 Å². The lowest BCUT2D eigenvalue weighted by atomic mass is 10.2. The predicted octanol–water partition coefficient (Wildman–Crippen LogP) is 5.90. The van der Waals surface area contributed by atoms with Crippen molar-refractivity contribution in [3.8, 4) is 22.8 Å². The van der Waals surface area contributed by atoms with Gasteiger partial charge in [-0.1, -0.05) is 11.6 Å². The summed E-state index contributed by atoms with van der Waals surface area (Å²) >= 11 is 8.58. The molecule has 31 heavy (non-hydrogen) atoms. The second kappa shape index (κ2) is 9.42. The Kier molecular flexibility index (Phi) is 6.45. The Hall–Kier alpha value is -3.01. The van der Waals surface area contributed by atoms with E-state index in [9.17, 15) is 9.18 Å². The number of rotatable bonds is 7. The lowest BCUT2D eigenvalue weighted by Gasteiger charge is -2.11. The van der Waals surface area contributed by atoms with Crippen molar-refractivity contribution in [3.05, 3.63) is 74.8 Å². The van der Waals surface area contributed by atoms with Crippen molar-refractivity contribution in [1.82, 2.24) is 9.97 Å². The molecule has 0 saturated heterocycles. The zero-order chi connectivity index (χ0) is 21.8. The Morgan fingerprint density at radius 2 is 2.06 bits per heavy atom. The molecule has 2 aromatic heterocycles. The molecule has 0 fully saturated rings. The maximum atomic E-state index is 13.4. The maximum Gasteiger partial charge on any atom is 0.257 e. The molecule has 10 heteroatoms. The fourth-order valence-corrected chi connectivity index (χ4v) is 4.12. The van der Waals surface area contributed by atoms with Crippen LogP contribution in [0.2, 0.25) is 5.02 Å². The number of carbonyl (C=O) groups is 1. The van der Waals surface area contributed by atoms with Crippen molar-refractivity contribution in [1.29, 1.82) is 0 Å². The molecule has 0 bridgehead atoms. The fourth-order valence-electron chi connectivity index (χ4n) is 2.68. The molecular weight excluding hydrogens is 461 g/mol. The van der Waals surface area contributed by atoms with Gasteiger partial charge in [0.25, 0.3) is 5.91 Å². The Labute approximate surface area is 190 Å².